The molecular formula is C12H20N2O. The second-order valence-corrected chi connectivity index (χ2v) is 4.52. The van der Waals surface area contributed by atoms with Crippen LogP contribution < -0.4 is 10.6 Å². The lowest BCUT2D eigenvalue weighted by Gasteiger charge is -2.16. The van der Waals surface area contributed by atoms with E-state index in [-0.39, 0.29) is 5.91 Å². The Morgan fingerprint density at radius 1 is 1.47 bits per heavy atom. The fourth-order valence-corrected chi connectivity index (χ4v) is 2.36. The van der Waals surface area contributed by atoms with Gasteiger partial charge in [0.15, 0.2) is 0 Å². The van der Waals surface area contributed by atoms with E-state index < -0.39 is 0 Å². The maximum Gasteiger partial charge on any atom is 0.223 e. The Labute approximate surface area is 91.3 Å². The molecule has 0 atom stereocenters. The van der Waals surface area contributed by atoms with E-state index in [1.54, 1.807) is 0 Å². The first-order valence-corrected chi connectivity index (χ1v) is 6.02. The van der Waals surface area contributed by atoms with Gasteiger partial charge >= 0.3 is 0 Å². The Morgan fingerprint density at radius 3 is 2.93 bits per heavy atom. The van der Waals surface area contributed by atoms with E-state index in [1.165, 1.54) is 18.4 Å². The van der Waals surface area contributed by atoms with Crippen molar-refractivity contribution in [1.82, 2.24) is 10.6 Å². The zero-order valence-corrected chi connectivity index (χ0v) is 9.22. The minimum Gasteiger partial charge on any atom is -0.352 e. The van der Waals surface area contributed by atoms with Crippen molar-refractivity contribution >= 4 is 5.91 Å². The average Bonchev–Trinajstić information content (AvgIpc) is 2.81. The maximum absolute atomic E-state index is 11.7. The summed E-state index contributed by atoms with van der Waals surface area (Å²) in [5.41, 5.74) is 1.38. The molecule has 84 valence electrons. The summed E-state index contributed by atoms with van der Waals surface area (Å²) in [5, 5.41) is 6.33. The summed E-state index contributed by atoms with van der Waals surface area (Å²) in [6.45, 7) is 2.76. The van der Waals surface area contributed by atoms with Crippen LogP contribution in [0.5, 0.6) is 0 Å². The molecule has 0 unspecified atom stereocenters. The normalized spacial score (nSPS) is 22.5. The van der Waals surface area contributed by atoms with Crippen molar-refractivity contribution in [3.63, 3.8) is 0 Å². The molecule has 2 rings (SSSR count). The van der Waals surface area contributed by atoms with Crippen LogP contribution in [0.25, 0.3) is 0 Å². The molecule has 0 radical (unpaired) electrons. The zero-order valence-electron chi connectivity index (χ0n) is 9.22. The van der Waals surface area contributed by atoms with E-state index >= 15 is 0 Å². The van der Waals surface area contributed by atoms with Gasteiger partial charge in [0, 0.05) is 19.0 Å². The van der Waals surface area contributed by atoms with Crippen LogP contribution in [0.1, 0.15) is 32.1 Å². The molecule has 0 aromatic rings. The predicted octanol–water partition coefficient (Wildman–Crippen LogP) is 1.21. The second-order valence-electron chi connectivity index (χ2n) is 4.52. The molecule has 1 aliphatic heterocycles. The average molecular weight is 208 g/mol. The molecule has 0 aromatic carbocycles. The number of carbonyl (C=O) groups is 1. The van der Waals surface area contributed by atoms with Crippen LogP contribution in [0.4, 0.5) is 0 Å². The molecule has 0 aromatic heterocycles. The number of carbonyl (C=O) groups excluding carboxylic acids is 1. The minimum absolute atomic E-state index is 0.270. The highest BCUT2D eigenvalue weighted by Gasteiger charge is 2.22. The first kappa shape index (κ1) is 10.7. The van der Waals surface area contributed by atoms with Crippen LogP contribution in [0.2, 0.25) is 0 Å². The molecule has 2 N–H and O–H groups in total. The smallest absolute Gasteiger partial charge is 0.223 e. The van der Waals surface area contributed by atoms with Crippen LogP contribution in [0.15, 0.2) is 11.6 Å². The highest BCUT2D eigenvalue weighted by Crippen LogP contribution is 2.24. The van der Waals surface area contributed by atoms with Gasteiger partial charge in [-0.1, -0.05) is 24.5 Å². The monoisotopic (exact) mass is 208 g/mol. The number of hydrogen-bond acceptors (Lipinski definition) is 2. The molecule has 1 amide bonds. The summed E-state index contributed by atoms with van der Waals surface area (Å²) in [4.78, 5) is 11.7. The number of amides is 1. The molecular weight excluding hydrogens is 188 g/mol. The summed E-state index contributed by atoms with van der Waals surface area (Å²) in [6.07, 6.45) is 7.90. The van der Waals surface area contributed by atoms with Gasteiger partial charge in [0.05, 0.1) is 0 Å². The summed E-state index contributed by atoms with van der Waals surface area (Å²) in [7, 11) is 0. The third-order valence-corrected chi connectivity index (χ3v) is 3.37. The Morgan fingerprint density at radius 2 is 2.27 bits per heavy atom. The first-order chi connectivity index (χ1) is 7.36. The third-order valence-electron chi connectivity index (χ3n) is 3.37. The summed E-state index contributed by atoms with van der Waals surface area (Å²) >= 11 is 0. The van der Waals surface area contributed by atoms with E-state index in [2.05, 4.69) is 16.7 Å². The van der Waals surface area contributed by atoms with Crippen molar-refractivity contribution in [3.8, 4) is 0 Å². The standard InChI is InChI=1S/C12H20N2O/c15-12(11-3-1-2-4-11)14-9-10-5-7-13-8-6-10/h5,11,13H,1-4,6-9H2,(H,14,15). The number of nitrogens with one attached hydrogen (secondary N) is 2. The van der Waals surface area contributed by atoms with E-state index in [0.717, 1.165) is 38.9 Å². The maximum atomic E-state index is 11.7. The van der Waals surface area contributed by atoms with E-state index in [9.17, 15) is 4.79 Å². The Bertz CT molecular complexity index is 254. The van der Waals surface area contributed by atoms with Gasteiger partial charge in [-0.25, -0.2) is 0 Å². The van der Waals surface area contributed by atoms with Crippen molar-refractivity contribution in [2.24, 2.45) is 5.92 Å². The lowest BCUT2D eigenvalue weighted by Crippen LogP contribution is -2.33. The molecule has 1 fully saturated rings. The molecule has 1 heterocycles. The molecule has 0 spiro atoms. The molecule has 0 saturated heterocycles. The van der Waals surface area contributed by atoms with Gasteiger partial charge < -0.3 is 10.6 Å². The topological polar surface area (TPSA) is 41.1 Å². The van der Waals surface area contributed by atoms with Gasteiger partial charge in [0.25, 0.3) is 0 Å². The number of rotatable bonds is 3. The molecule has 15 heavy (non-hydrogen) atoms. The van der Waals surface area contributed by atoms with Crippen molar-refractivity contribution in [2.75, 3.05) is 19.6 Å². The quantitative estimate of drug-likeness (QED) is 0.685. The van der Waals surface area contributed by atoms with Crippen molar-refractivity contribution in [1.29, 1.82) is 0 Å². The SMILES string of the molecule is O=C(NCC1=CCNCC1)C1CCCC1. The Kier molecular flexibility index (Phi) is 3.78. The molecule has 2 aliphatic rings. The predicted molar refractivity (Wildman–Crippen MR) is 60.5 cm³/mol. The molecule has 1 saturated carbocycles. The van der Waals surface area contributed by atoms with Crippen LogP contribution in [0, 0.1) is 5.92 Å². The second kappa shape index (κ2) is 5.31. The summed E-state index contributed by atoms with van der Waals surface area (Å²) < 4.78 is 0. The number of hydrogen-bond donors (Lipinski definition) is 2. The summed E-state index contributed by atoms with van der Waals surface area (Å²) in [5.74, 6) is 0.569. The fraction of sp³-hybridized carbons (Fsp3) is 0.750. The third kappa shape index (κ3) is 3.06. The van der Waals surface area contributed by atoms with E-state index in [0.29, 0.717) is 5.92 Å². The molecule has 0 bridgehead atoms. The first-order valence-electron chi connectivity index (χ1n) is 6.02. The van der Waals surface area contributed by atoms with Crippen LogP contribution in [0.3, 0.4) is 0 Å². The Balaban J connectivity index is 1.72. The van der Waals surface area contributed by atoms with Crippen molar-refractivity contribution < 1.29 is 4.79 Å². The van der Waals surface area contributed by atoms with Gasteiger partial charge in [-0.3, -0.25) is 4.79 Å². The van der Waals surface area contributed by atoms with Crippen LogP contribution >= 0.6 is 0 Å². The van der Waals surface area contributed by atoms with Crippen molar-refractivity contribution in [3.05, 3.63) is 11.6 Å². The van der Waals surface area contributed by atoms with Gasteiger partial charge in [-0.2, -0.15) is 0 Å². The van der Waals surface area contributed by atoms with Gasteiger partial charge in [0.1, 0.15) is 0 Å². The summed E-state index contributed by atoms with van der Waals surface area (Å²) in [6, 6.07) is 0. The zero-order chi connectivity index (χ0) is 10.5. The largest absolute Gasteiger partial charge is 0.352 e. The van der Waals surface area contributed by atoms with Crippen molar-refractivity contribution in [2.45, 2.75) is 32.1 Å². The Hall–Kier alpha value is -0.830. The molecule has 3 nitrogen and oxygen atoms in total. The lowest BCUT2D eigenvalue weighted by molar-refractivity contribution is -0.124. The van der Waals surface area contributed by atoms with Gasteiger partial charge in [-0.15, -0.1) is 0 Å². The van der Waals surface area contributed by atoms with Crippen LogP contribution in [-0.2, 0) is 4.79 Å². The van der Waals surface area contributed by atoms with Crippen LogP contribution in [-0.4, -0.2) is 25.5 Å². The highest BCUT2D eigenvalue weighted by atomic mass is 16.1. The van der Waals surface area contributed by atoms with E-state index in [4.69, 9.17) is 0 Å². The minimum atomic E-state index is 0.270. The lowest BCUT2D eigenvalue weighted by atomic mass is 10.1. The molecule has 3 heteroatoms. The van der Waals surface area contributed by atoms with Gasteiger partial charge in [0.2, 0.25) is 5.91 Å². The van der Waals surface area contributed by atoms with Gasteiger partial charge in [-0.05, 0) is 25.8 Å². The highest BCUT2D eigenvalue weighted by molar-refractivity contribution is 5.79. The fourth-order valence-electron chi connectivity index (χ4n) is 2.36. The molecule has 1 aliphatic carbocycles. The van der Waals surface area contributed by atoms with E-state index in [1.807, 2.05) is 0 Å².